The first kappa shape index (κ1) is 16.9. The minimum Gasteiger partial charge on any atom is -0.419 e. The van der Waals surface area contributed by atoms with E-state index in [0.717, 1.165) is 12.8 Å². The highest BCUT2D eigenvalue weighted by Gasteiger charge is 2.47. The van der Waals surface area contributed by atoms with Crippen LogP contribution in [0.25, 0.3) is 6.08 Å². The topological polar surface area (TPSA) is 99.0 Å². The molecule has 2 fully saturated rings. The number of carbonyl (C=O) groups excluding carboxylic acids is 2. The van der Waals surface area contributed by atoms with Crippen LogP contribution in [-0.4, -0.2) is 36.7 Å². The maximum absolute atomic E-state index is 12.2. The van der Waals surface area contributed by atoms with Crippen molar-refractivity contribution in [3.63, 3.8) is 0 Å². The average Bonchev–Trinajstić information content (AvgIpc) is 2.98. The van der Waals surface area contributed by atoms with Gasteiger partial charge in [-0.2, -0.15) is 0 Å². The zero-order valence-electron chi connectivity index (χ0n) is 14.0. The SMILES string of the molecule is CN(C)c1ccc(C=C2C(=O)OC3(CCCC3)OC2=O)cc1[N+](=O)[O-]. The summed E-state index contributed by atoms with van der Waals surface area (Å²) in [7, 11) is 3.38. The number of nitro benzene ring substituents is 1. The van der Waals surface area contributed by atoms with E-state index in [0.29, 0.717) is 24.1 Å². The van der Waals surface area contributed by atoms with Crippen molar-refractivity contribution in [3.8, 4) is 0 Å². The molecule has 1 aromatic rings. The molecule has 1 aliphatic carbocycles. The molecule has 0 amide bonds. The largest absolute Gasteiger partial charge is 0.419 e. The number of nitrogens with zero attached hydrogens (tertiary/aromatic N) is 2. The number of anilines is 1. The molecule has 1 aromatic carbocycles. The summed E-state index contributed by atoms with van der Waals surface area (Å²) in [5.74, 6) is -2.64. The second kappa shape index (κ2) is 6.19. The third-order valence-electron chi connectivity index (χ3n) is 4.35. The highest BCUT2D eigenvalue weighted by atomic mass is 16.7. The Balaban J connectivity index is 1.92. The predicted octanol–water partition coefficient (Wildman–Crippen LogP) is 2.41. The first-order chi connectivity index (χ1) is 11.8. The van der Waals surface area contributed by atoms with E-state index in [1.165, 1.54) is 12.1 Å². The van der Waals surface area contributed by atoms with E-state index >= 15 is 0 Å². The van der Waals surface area contributed by atoms with Gasteiger partial charge in [0.25, 0.3) is 11.5 Å². The highest BCUT2D eigenvalue weighted by molar-refractivity contribution is 6.19. The van der Waals surface area contributed by atoms with Crippen molar-refractivity contribution in [2.75, 3.05) is 19.0 Å². The van der Waals surface area contributed by atoms with Crippen molar-refractivity contribution in [1.29, 1.82) is 0 Å². The fourth-order valence-corrected chi connectivity index (χ4v) is 3.11. The minimum absolute atomic E-state index is 0.121. The van der Waals surface area contributed by atoms with Gasteiger partial charge in [0.2, 0.25) is 0 Å². The summed E-state index contributed by atoms with van der Waals surface area (Å²) in [6.45, 7) is 0. The van der Waals surface area contributed by atoms with Crippen LogP contribution in [0, 0.1) is 10.1 Å². The van der Waals surface area contributed by atoms with E-state index in [1.54, 1.807) is 31.1 Å². The quantitative estimate of drug-likeness (QED) is 0.272. The van der Waals surface area contributed by atoms with E-state index in [1.807, 2.05) is 0 Å². The zero-order chi connectivity index (χ0) is 18.2. The third kappa shape index (κ3) is 3.19. The Bertz CT molecular complexity index is 755. The number of hydrogen-bond donors (Lipinski definition) is 0. The molecule has 1 saturated heterocycles. The van der Waals surface area contributed by atoms with E-state index in [4.69, 9.17) is 9.47 Å². The predicted molar refractivity (Wildman–Crippen MR) is 88.8 cm³/mol. The van der Waals surface area contributed by atoms with Crippen molar-refractivity contribution in [2.45, 2.75) is 31.5 Å². The minimum atomic E-state index is -1.13. The summed E-state index contributed by atoms with van der Waals surface area (Å²) >= 11 is 0. The Morgan fingerprint density at radius 3 is 2.28 bits per heavy atom. The monoisotopic (exact) mass is 346 g/mol. The van der Waals surface area contributed by atoms with Gasteiger partial charge in [-0.15, -0.1) is 0 Å². The second-order valence-electron chi connectivity index (χ2n) is 6.35. The first-order valence-electron chi connectivity index (χ1n) is 7.95. The van der Waals surface area contributed by atoms with Crippen LogP contribution in [0.1, 0.15) is 31.2 Å². The Labute approximate surface area is 144 Å². The molecule has 0 bridgehead atoms. The summed E-state index contributed by atoms with van der Waals surface area (Å²) < 4.78 is 10.7. The molecule has 0 radical (unpaired) electrons. The van der Waals surface area contributed by atoms with Crippen LogP contribution in [0.2, 0.25) is 0 Å². The average molecular weight is 346 g/mol. The lowest BCUT2D eigenvalue weighted by molar-refractivity contribution is -0.384. The van der Waals surface area contributed by atoms with Gasteiger partial charge in [-0.25, -0.2) is 9.59 Å². The lowest BCUT2D eigenvalue weighted by Gasteiger charge is -2.32. The lowest BCUT2D eigenvalue weighted by atomic mass is 10.1. The number of nitro groups is 1. The van der Waals surface area contributed by atoms with Crippen molar-refractivity contribution in [3.05, 3.63) is 39.4 Å². The summed E-state index contributed by atoms with van der Waals surface area (Å²) in [5.41, 5.74) is 0.392. The van der Waals surface area contributed by atoms with Crippen LogP contribution in [-0.2, 0) is 19.1 Å². The van der Waals surface area contributed by atoms with Crippen LogP contribution in [0.3, 0.4) is 0 Å². The van der Waals surface area contributed by atoms with Gasteiger partial charge in [0, 0.05) is 33.0 Å². The molecule has 3 rings (SSSR count). The molecule has 1 spiro atoms. The molecule has 0 N–H and O–H groups in total. The van der Waals surface area contributed by atoms with E-state index in [2.05, 4.69) is 0 Å². The summed E-state index contributed by atoms with van der Waals surface area (Å²) in [6.07, 6.45) is 3.93. The van der Waals surface area contributed by atoms with Crippen molar-refractivity contribution >= 4 is 29.4 Å². The van der Waals surface area contributed by atoms with Crippen LogP contribution >= 0.6 is 0 Å². The van der Waals surface area contributed by atoms with Gasteiger partial charge in [0.1, 0.15) is 11.3 Å². The van der Waals surface area contributed by atoms with Crippen LogP contribution in [0.15, 0.2) is 23.8 Å². The number of hydrogen-bond acceptors (Lipinski definition) is 7. The highest BCUT2D eigenvalue weighted by Crippen LogP contribution is 2.39. The second-order valence-corrected chi connectivity index (χ2v) is 6.35. The van der Waals surface area contributed by atoms with Crippen molar-refractivity contribution in [1.82, 2.24) is 0 Å². The Morgan fingerprint density at radius 2 is 1.76 bits per heavy atom. The summed E-state index contributed by atoms with van der Waals surface area (Å²) in [6, 6.07) is 4.46. The van der Waals surface area contributed by atoms with Crippen LogP contribution in [0.4, 0.5) is 11.4 Å². The van der Waals surface area contributed by atoms with Gasteiger partial charge in [0.05, 0.1) is 4.92 Å². The van der Waals surface area contributed by atoms with E-state index < -0.39 is 22.6 Å². The van der Waals surface area contributed by atoms with Gasteiger partial charge in [-0.3, -0.25) is 10.1 Å². The third-order valence-corrected chi connectivity index (χ3v) is 4.35. The number of rotatable bonds is 3. The van der Waals surface area contributed by atoms with E-state index in [9.17, 15) is 19.7 Å². The smallest absolute Gasteiger partial charge is 0.348 e. The molecule has 0 aromatic heterocycles. The first-order valence-corrected chi connectivity index (χ1v) is 7.95. The van der Waals surface area contributed by atoms with Crippen LogP contribution < -0.4 is 4.90 Å². The molecule has 0 atom stereocenters. The number of esters is 2. The Morgan fingerprint density at radius 1 is 1.16 bits per heavy atom. The van der Waals surface area contributed by atoms with Crippen LogP contribution in [0.5, 0.6) is 0 Å². The molecule has 132 valence electrons. The number of benzene rings is 1. The Kier molecular flexibility index (Phi) is 4.20. The molecule has 1 heterocycles. The fraction of sp³-hybridized carbons (Fsp3) is 0.412. The van der Waals surface area contributed by atoms with Gasteiger partial charge in [-0.05, 0) is 30.5 Å². The molecule has 8 heteroatoms. The summed E-state index contributed by atoms with van der Waals surface area (Å²) in [4.78, 5) is 36.8. The maximum Gasteiger partial charge on any atom is 0.348 e. The normalized spacial score (nSPS) is 18.7. The lowest BCUT2D eigenvalue weighted by Crippen LogP contribution is -2.44. The number of ether oxygens (including phenoxy) is 2. The van der Waals surface area contributed by atoms with Gasteiger partial charge < -0.3 is 14.4 Å². The Hall–Kier alpha value is -2.90. The molecule has 1 aliphatic heterocycles. The van der Waals surface area contributed by atoms with Crippen molar-refractivity contribution < 1.29 is 24.0 Å². The molecular weight excluding hydrogens is 328 g/mol. The molecule has 25 heavy (non-hydrogen) atoms. The maximum atomic E-state index is 12.2. The number of carbonyl (C=O) groups is 2. The van der Waals surface area contributed by atoms with Crippen molar-refractivity contribution in [2.24, 2.45) is 0 Å². The van der Waals surface area contributed by atoms with Gasteiger partial charge >= 0.3 is 11.9 Å². The molecule has 0 unspecified atom stereocenters. The molecule has 1 saturated carbocycles. The fourth-order valence-electron chi connectivity index (χ4n) is 3.11. The standard InChI is InChI=1S/C17H18N2O6/c1-18(2)13-6-5-11(10-14(13)19(22)23)9-12-15(20)24-17(25-16(12)21)7-3-4-8-17/h5-6,9-10H,3-4,7-8H2,1-2H3. The molecule has 2 aliphatic rings. The molecular formula is C17H18N2O6. The summed E-state index contributed by atoms with van der Waals surface area (Å²) in [5, 5.41) is 11.2. The zero-order valence-corrected chi connectivity index (χ0v) is 14.0. The van der Waals surface area contributed by atoms with Gasteiger partial charge in [-0.1, -0.05) is 6.07 Å². The molecule has 8 nitrogen and oxygen atoms in total. The van der Waals surface area contributed by atoms with Gasteiger partial charge in [0.15, 0.2) is 0 Å². The van der Waals surface area contributed by atoms with E-state index in [-0.39, 0.29) is 11.3 Å².